The van der Waals surface area contributed by atoms with Crippen LogP contribution >= 0.6 is 8.69 Å². The Balaban J connectivity index is 3.79. The Morgan fingerprint density at radius 3 is 1.36 bits per heavy atom. The lowest BCUT2D eigenvalue weighted by atomic mass is 10.0. The molecule has 0 rings (SSSR count). The zero-order chi connectivity index (χ0) is 26.5. The third-order valence-corrected chi connectivity index (χ3v) is 6.76. The van der Waals surface area contributed by atoms with Crippen molar-refractivity contribution in [3.8, 4) is 0 Å². The van der Waals surface area contributed by atoms with E-state index < -0.39 is 14.8 Å². The van der Waals surface area contributed by atoms with Crippen LogP contribution in [0.1, 0.15) is 155 Å². The third kappa shape index (κ3) is 26.1. The van der Waals surface area contributed by atoms with E-state index >= 15 is 0 Å². The summed E-state index contributed by atoms with van der Waals surface area (Å²) in [6.07, 6.45) is 24.2. The van der Waals surface area contributed by atoms with Gasteiger partial charge in [-0.2, -0.15) is 0 Å². The normalized spacial score (nSPS) is 12.1. The van der Waals surface area contributed by atoms with Crippen molar-refractivity contribution >= 4 is 20.6 Å². The number of ether oxygens (including phenoxy) is 2. The van der Waals surface area contributed by atoms with Gasteiger partial charge in [0, 0.05) is 12.8 Å². The number of carbonyl (C=O) groups excluding carboxylic acids is 2. The first-order valence-electron chi connectivity index (χ1n) is 14.9. The van der Waals surface area contributed by atoms with Gasteiger partial charge in [-0.1, -0.05) is 129 Å². The Bertz CT molecular complexity index is 514. The maximum absolute atomic E-state index is 12.2. The van der Waals surface area contributed by atoms with Crippen molar-refractivity contribution in [2.45, 2.75) is 161 Å². The van der Waals surface area contributed by atoms with Crippen molar-refractivity contribution in [1.82, 2.24) is 0 Å². The molecule has 0 aromatic heterocycles. The highest BCUT2D eigenvalue weighted by Gasteiger charge is 2.17. The highest BCUT2D eigenvalue weighted by Crippen LogP contribution is 2.14. The average Bonchev–Trinajstić information content (AvgIpc) is 2.87. The fraction of sp³-hybridized carbons (Fsp3) is 0.931. The van der Waals surface area contributed by atoms with Crippen LogP contribution in [0.3, 0.4) is 0 Å². The molecular weight excluding hydrogens is 475 g/mol. The molecule has 0 radical (unpaired) electrons. The number of hydrogen-bond acceptors (Lipinski definition) is 6. The maximum atomic E-state index is 12.2. The molecule has 0 saturated heterocycles. The summed E-state index contributed by atoms with van der Waals surface area (Å²) in [5.41, 5.74) is 0. The van der Waals surface area contributed by atoms with Gasteiger partial charge in [-0.3, -0.25) is 14.1 Å². The van der Waals surface area contributed by atoms with Gasteiger partial charge in [-0.15, -0.1) is 0 Å². The van der Waals surface area contributed by atoms with Crippen LogP contribution in [0, 0.1) is 0 Å². The van der Waals surface area contributed by atoms with Gasteiger partial charge in [-0.05, 0) is 12.8 Å². The summed E-state index contributed by atoms with van der Waals surface area (Å²) >= 11 is 0. The van der Waals surface area contributed by atoms with E-state index in [1.54, 1.807) is 0 Å². The van der Waals surface area contributed by atoms with Crippen molar-refractivity contribution in [3.05, 3.63) is 0 Å². The molecule has 0 spiro atoms. The van der Waals surface area contributed by atoms with Gasteiger partial charge in [0.15, 0.2) is 6.10 Å². The number of esters is 2. The predicted octanol–water partition coefficient (Wildman–Crippen LogP) is 9.29. The molecule has 1 atom stereocenters. The van der Waals surface area contributed by atoms with Gasteiger partial charge >= 0.3 is 20.6 Å². The van der Waals surface area contributed by atoms with E-state index in [0.29, 0.717) is 12.8 Å². The Morgan fingerprint density at radius 1 is 0.556 bits per heavy atom. The zero-order valence-corrected chi connectivity index (χ0v) is 24.3. The molecule has 212 valence electrons. The van der Waals surface area contributed by atoms with Gasteiger partial charge in [0.25, 0.3) is 0 Å². The zero-order valence-electron chi connectivity index (χ0n) is 23.4. The lowest BCUT2D eigenvalue weighted by Crippen LogP contribution is -2.28. The van der Waals surface area contributed by atoms with Crippen LogP contribution in [0.5, 0.6) is 0 Å². The molecule has 6 nitrogen and oxygen atoms in total. The van der Waals surface area contributed by atoms with Crippen LogP contribution in [0.4, 0.5) is 0 Å². The quantitative estimate of drug-likeness (QED) is 0.0570. The minimum absolute atomic E-state index is 0.0554. The molecule has 0 amide bonds. The average molecular weight is 531 g/mol. The second-order valence-electron chi connectivity index (χ2n) is 10.0. The van der Waals surface area contributed by atoms with E-state index in [4.69, 9.17) is 14.0 Å². The highest BCUT2D eigenvalue weighted by molar-refractivity contribution is 7.17. The summed E-state index contributed by atoms with van der Waals surface area (Å²) in [4.78, 5) is 24.2. The largest absolute Gasteiger partial charge is 0.462 e. The molecule has 0 heterocycles. The second-order valence-corrected chi connectivity index (χ2v) is 10.4. The molecule has 0 aliphatic carbocycles. The van der Waals surface area contributed by atoms with Crippen molar-refractivity contribution in [2.24, 2.45) is 0 Å². The van der Waals surface area contributed by atoms with Crippen molar-refractivity contribution in [1.29, 1.82) is 0 Å². The fourth-order valence-electron chi connectivity index (χ4n) is 4.25. The van der Waals surface area contributed by atoms with Crippen LogP contribution in [0.25, 0.3) is 0 Å². The monoisotopic (exact) mass is 530 g/mol. The molecule has 0 unspecified atom stereocenters. The summed E-state index contributed by atoms with van der Waals surface area (Å²) in [5.74, 6) is -0.613. The summed E-state index contributed by atoms with van der Waals surface area (Å²) < 4.78 is 26.2. The number of rotatable bonds is 28. The van der Waals surface area contributed by atoms with E-state index in [2.05, 4.69) is 13.8 Å². The lowest BCUT2D eigenvalue weighted by molar-refractivity contribution is -0.160. The smallest absolute Gasteiger partial charge is 0.327 e. The molecule has 0 fully saturated rings. The minimum atomic E-state index is -0.723. The van der Waals surface area contributed by atoms with Gasteiger partial charge in [0.05, 0.1) is 0 Å². The van der Waals surface area contributed by atoms with E-state index in [0.717, 1.165) is 38.5 Å². The standard InChI is InChI=1S/C29H55O6P/c1-3-5-7-9-11-12-13-14-15-16-18-20-22-24-29(31)35-27(26-34-36-32)25-33-28(30)23-21-19-17-10-8-6-4-2/h27H,3-26H2,1-2H3/t27-/m1/s1. The number of hydrogen-bond donors (Lipinski definition) is 0. The molecule has 0 N–H and O–H groups in total. The fourth-order valence-corrected chi connectivity index (χ4v) is 4.47. The molecule has 0 aromatic rings. The van der Waals surface area contributed by atoms with Crippen LogP contribution in [-0.2, 0) is 28.2 Å². The molecule has 7 heteroatoms. The van der Waals surface area contributed by atoms with Crippen LogP contribution in [-0.4, -0.2) is 31.3 Å². The van der Waals surface area contributed by atoms with E-state index in [1.807, 2.05) is 0 Å². The van der Waals surface area contributed by atoms with Gasteiger partial charge in [0.1, 0.15) is 13.2 Å². The number of carbonyl (C=O) groups is 2. The minimum Gasteiger partial charge on any atom is -0.462 e. The van der Waals surface area contributed by atoms with E-state index in [-0.39, 0.29) is 25.2 Å². The molecule has 0 aliphatic heterocycles. The van der Waals surface area contributed by atoms with E-state index in [9.17, 15) is 14.2 Å². The van der Waals surface area contributed by atoms with Crippen LogP contribution in [0.2, 0.25) is 0 Å². The van der Waals surface area contributed by atoms with Crippen LogP contribution < -0.4 is 0 Å². The first kappa shape index (κ1) is 35.0. The Hall–Kier alpha value is -1.00. The summed E-state index contributed by atoms with van der Waals surface area (Å²) in [6.45, 7) is 4.33. The Morgan fingerprint density at radius 2 is 0.944 bits per heavy atom. The molecule has 0 bridgehead atoms. The first-order valence-corrected chi connectivity index (χ1v) is 15.7. The van der Waals surface area contributed by atoms with Crippen molar-refractivity contribution in [2.75, 3.05) is 13.2 Å². The maximum Gasteiger partial charge on any atom is 0.327 e. The molecular formula is C29H55O6P. The predicted molar refractivity (Wildman–Crippen MR) is 147 cm³/mol. The first-order chi connectivity index (χ1) is 17.6. The Labute approximate surface area is 223 Å². The second kappa shape index (κ2) is 28.6. The summed E-state index contributed by atoms with van der Waals surface area (Å²) in [6, 6.07) is 0. The lowest BCUT2D eigenvalue weighted by Gasteiger charge is -2.16. The van der Waals surface area contributed by atoms with E-state index in [1.165, 1.54) is 89.9 Å². The highest BCUT2D eigenvalue weighted by atomic mass is 31.1. The van der Waals surface area contributed by atoms with Crippen LogP contribution in [0.15, 0.2) is 0 Å². The van der Waals surface area contributed by atoms with Gasteiger partial charge in [0.2, 0.25) is 0 Å². The number of unbranched alkanes of at least 4 members (excludes halogenated alkanes) is 18. The van der Waals surface area contributed by atoms with Crippen molar-refractivity contribution < 1.29 is 28.2 Å². The molecule has 0 aliphatic rings. The SMILES string of the molecule is CCCCCCCCCCCCCCCC(=O)O[C@@H](COP=O)COC(=O)CCCCCCCCC. The van der Waals surface area contributed by atoms with Crippen molar-refractivity contribution in [3.63, 3.8) is 0 Å². The molecule has 0 aromatic carbocycles. The van der Waals surface area contributed by atoms with Gasteiger partial charge in [-0.25, -0.2) is 4.57 Å². The topological polar surface area (TPSA) is 78.9 Å². The van der Waals surface area contributed by atoms with Gasteiger partial charge < -0.3 is 9.47 Å². The third-order valence-electron chi connectivity index (χ3n) is 6.51. The Kier molecular flexibility index (Phi) is 27.8. The summed E-state index contributed by atoms with van der Waals surface area (Å²) in [7, 11) is -0.482. The molecule has 0 saturated carbocycles. The molecule has 36 heavy (non-hydrogen) atoms. The summed E-state index contributed by atoms with van der Waals surface area (Å²) in [5, 5.41) is 0.